The van der Waals surface area contributed by atoms with E-state index in [0.717, 1.165) is 18.4 Å². The third-order valence-electron chi connectivity index (χ3n) is 3.96. The smallest absolute Gasteiger partial charge is 0.367 e. The predicted molar refractivity (Wildman–Crippen MR) is 79.4 cm³/mol. The number of nitrogens with one attached hydrogen (secondary N) is 1. The van der Waals surface area contributed by atoms with Crippen LogP contribution < -0.4 is 11.1 Å². The Labute approximate surface area is 133 Å². The molecule has 1 aliphatic carbocycles. The summed E-state index contributed by atoms with van der Waals surface area (Å²) in [6.07, 6.45) is -0.974. The minimum absolute atomic E-state index is 0.0991. The Morgan fingerprint density at radius 2 is 1.74 bits per heavy atom. The molecule has 0 heterocycles. The monoisotopic (exact) mass is 330 g/mol. The Kier molecular flexibility index (Phi) is 5.64. The van der Waals surface area contributed by atoms with Crippen molar-refractivity contribution >= 4 is 5.91 Å². The van der Waals surface area contributed by atoms with Crippen LogP contribution >= 0.6 is 0 Å². The van der Waals surface area contributed by atoms with E-state index < -0.39 is 18.3 Å². The van der Waals surface area contributed by atoms with Gasteiger partial charge in [0, 0.05) is 6.54 Å². The maximum absolute atomic E-state index is 12.1. The van der Waals surface area contributed by atoms with Crippen LogP contribution in [0.3, 0.4) is 0 Å². The molecule has 1 aliphatic rings. The molecule has 0 unspecified atom stereocenters. The normalized spacial score (nSPS) is 17.2. The van der Waals surface area contributed by atoms with Gasteiger partial charge in [-0.15, -0.1) is 0 Å². The summed E-state index contributed by atoms with van der Waals surface area (Å²) >= 11 is 0. The zero-order valence-corrected chi connectivity index (χ0v) is 12.8. The highest BCUT2D eigenvalue weighted by Gasteiger charge is 2.36. The molecule has 0 atom stereocenters. The SMILES string of the molecule is NC1(C(=O)NCc2ccc(COCC(F)(F)F)cc2)CCCC1. The van der Waals surface area contributed by atoms with E-state index in [4.69, 9.17) is 5.73 Å². The minimum Gasteiger partial charge on any atom is -0.367 e. The summed E-state index contributed by atoms with van der Waals surface area (Å²) < 4.78 is 40.5. The molecule has 0 aromatic heterocycles. The lowest BCUT2D eigenvalue weighted by atomic mass is 9.98. The van der Waals surface area contributed by atoms with Crippen molar-refractivity contribution in [2.24, 2.45) is 5.73 Å². The van der Waals surface area contributed by atoms with Gasteiger partial charge in [0.15, 0.2) is 0 Å². The first-order chi connectivity index (χ1) is 10.8. The van der Waals surface area contributed by atoms with Crippen LogP contribution in [-0.4, -0.2) is 24.2 Å². The topological polar surface area (TPSA) is 64.4 Å². The van der Waals surface area contributed by atoms with Gasteiger partial charge in [0.2, 0.25) is 5.91 Å². The molecule has 3 N–H and O–H groups in total. The van der Waals surface area contributed by atoms with Gasteiger partial charge in [-0.2, -0.15) is 13.2 Å². The molecule has 0 aliphatic heterocycles. The molecular weight excluding hydrogens is 309 g/mol. The summed E-state index contributed by atoms with van der Waals surface area (Å²) in [6.45, 7) is -1.01. The third kappa shape index (κ3) is 5.51. The fraction of sp³-hybridized carbons (Fsp3) is 0.562. The lowest BCUT2D eigenvalue weighted by Gasteiger charge is -2.22. The van der Waals surface area contributed by atoms with Gasteiger partial charge in [0.05, 0.1) is 12.1 Å². The summed E-state index contributed by atoms with van der Waals surface area (Å²) in [5, 5.41) is 2.82. The third-order valence-corrected chi connectivity index (χ3v) is 3.96. The number of amides is 1. The summed E-state index contributed by atoms with van der Waals surface area (Å²) in [6, 6.07) is 6.88. The average Bonchev–Trinajstić information content (AvgIpc) is 2.93. The zero-order chi connectivity index (χ0) is 16.9. The van der Waals surface area contributed by atoms with E-state index in [1.54, 1.807) is 24.3 Å². The maximum atomic E-state index is 12.1. The fourth-order valence-electron chi connectivity index (χ4n) is 2.63. The van der Waals surface area contributed by atoms with Crippen LogP contribution in [0.15, 0.2) is 24.3 Å². The second-order valence-electron chi connectivity index (χ2n) is 5.97. The maximum Gasteiger partial charge on any atom is 0.411 e. The number of carbonyl (C=O) groups excluding carboxylic acids is 1. The number of ether oxygens (including phenoxy) is 1. The van der Waals surface area contributed by atoms with E-state index in [2.05, 4.69) is 10.1 Å². The molecule has 0 radical (unpaired) electrons. The molecule has 0 saturated heterocycles. The number of hydrogen-bond acceptors (Lipinski definition) is 3. The highest BCUT2D eigenvalue weighted by Crippen LogP contribution is 2.27. The van der Waals surface area contributed by atoms with Crippen molar-refractivity contribution in [2.75, 3.05) is 6.61 Å². The van der Waals surface area contributed by atoms with Crippen molar-refractivity contribution in [3.05, 3.63) is 35.4 Å². The number of benzene rings is 1. The van der Waals surface area contributed by atoms with Crippen LogP contribution in [0.2, 0.25) is 0 Å². The van der Waals surface area contributed by atoms with Crippen molar-refractivity contribution < 1.29 is 22.7 Å². The first kappa shape index (κ1) is 17.7. The number of carbonyl (C=O) groups is 1. The van der Waals surface area contributed by atoms with E-state index in [1.807, 2.05) is 0 Å². The fourth-order valence-corrected chi connectivity index (χ4v) is 2.63. The molecule has 128 valence electrons. The predicted octanol–water partition coefficient (Wildman–Crippen LogP) is 2.65. The standard InChI is InChI=1S/C16H21F3N2O2/c17-16(18,19)11-23-10-13-5-3-12(4-6-13)9-21-14(22)15(20)7-1-2-8-15/h3-6H,1-2,7-11,20H2,(H,21,22). The van der Waals surface area contributed by atoms with Crippen molar-refractivity contribution in [3.63, 3.8) is 0 Å². The van der Waals surface area contributed by atoms with Crippen molar-refractivity contribution in [1.29, 1.82) is 0 Å². The number of halogens is 3. The van der Waals surface area contributed by atoms with Gasteiger partial charge in [-0.1, -0.05) is 37.1 Å². The number of hydrogen-bond donors (Lipinski definition) is 2. The van der Waals surface area contributed by atoms with E-state index in [-0.39, 0.29) is 12.5 Å². The Morgan fingerprint density at radius 1 is 1.17 bits per heavy atom. The van der Waals surface area contributed by atoms with Gasteiger partial charge < -0.3 is 15.8 Å². The summed E-state index contributed by atoms with van der Waals surface area (Å²) in [7, 11) is 0. The van der Waals surface area contributed by atoms with Crippen LogP contribution in [0.25, 0.3) is 0 Å². The lowest BCUT2D eigenvalue weighted by molar-refractivity contribution is -0.176. The minimum atomic E-state index is -4.32. The van der Waals surface area contributed by atoms with Crippen LogP contribution in [0.5, 0.6) is 0 Å². The van der Waals surface area contributed by atoms with Crippen molar-refractivity contribution in [1.82, 2.24) is 5.32 Å². The average molecular weight is 330 g/mol. The first-order valence-corrected chi connectivity index (χ1v) is 7.58. The van der Waals surface area contributed by atoms with Gasteiger partial charge in [0.25, 0.3) is 0 Å². The number of rotatable bonds is 6. The summed E-state index contributed by atoms with van der Waals surface area (Å²) in [5.41, 5.74) is 6.81. The summed E-state index contributed by atoms with van der Waals surface area (Å²) in [4.78, 5) is 12.1. The van der Waals surface area contributed by atoms with E-state index >= 15 is 0 Å². The molecule has 1 fully saturated rings. The first-order valence-electron chi connectivity index (χ1n) is 7.58. The molecule has 4 nitrogen and oxygen atoms in total. The number of nitrogens with two attached hydrogens (primary N) is 1. The van der Waals surface area contributed by atoms with Gasteiger partial charge >= 0.3 is 6.18 Å². The van der Waals surface area contributed by atoms with Gasteiger partial charge in [-0.25, -0.2) is 0 Å². The van der Waals surface area contributed by atoms with Gasteiger partial charge in [-0.05, 0) is 24.0 Å². The molecule has 0 bridgehead atoms. The molecule has 0 spiro atoms. The molecular formula is C16H21F3N2O2. The quantitative estimate of drug-likeness (QED) is 0.843. The Balaban J connectivity index is 1.77. The van der Waals surface area contributed by atoms with E-state index in [9.17, 15) is 18.0 Å². The van der Waals surface area contributed by atoms with Crippen LogP contribution in [0, 0.1) is 0 Å². The zero-order valence-electron chi connectivity index (χ0n) is 12.8. The molecule has 7 heteroatoms. The van der Waals surface area contributed by atoms with E-state index in [1.165, 1.54) is 0 Å². The van der Waals surface area contributed by atoms with Crippen molar-refractivity contribution in [2.45, 2.75) is 50.6 Å². The summed E-state index contributed by atoms with van der Waals surface area (Å²) in [5.74, 6) is -0.146. The molecule has 1 aromatic rings. The highest BCUT2D eigenvalue weighted by atomic mass is 19.4. The van der Waals surface area contributed by atoms with Gasteiger partial charge in [0.1, 0.15) is 6.61 Å². The molecule has 1 saturated carbocycles. The highest BCUT2D eigenvalue weighted by molar-refractivity contribution is 5.86. The largest absolute Gasteiger partial charge is 0.411 e. The molecule has 2 rings (SSSR count). The van der Waals surface area contributed by atoms with Gasteiger partial charge in [-0.3, -0.25) is 4.79 Å². The second kappa shape index (κ2) is 7.31. The Bertz CT molecular complexity index is 523. The Hall–Kier alpha value is -1.60. The molecule has 1 amide bonds. The Morgan fingerprint density at radius 3 is 2.30 bits per heavy atom. The van der Waals surface area contributed by atoms with Crippen LogP contribution in [0.4, 0.5) is 13.2 Å². The lowest BCUT2D eigenvalue weighted by Crippen LogP contribution is -2.51. The second-order valence-corrected chi connectivity index (χ2v) is 5.97. The van der Waals surface area contributed by atoms with Crippen LogP contribution in [-0.2, 0) is 22.7 Å². The van der Waals surface area contributed by atoms with E-state index in [0.29, 0.717) is 24.9 Å². The molecule has 1 aromatic carbocycles. The number of alkyl halides is 3. The van der Waals surface area contributed by atoms with Crippen molar-refractivity contribution in [3.8, 4) is 0 Å². The van der Waals surface area contributed by atoms with Crippen LogP contribution in [0.1, 0.15) is 36.8 Å². The molecule has 23 heavy (non-hydrogen) atoms.